The smallest absolute Gasteiger partial charge is 0.147 e. The predicted molar refractivity (Wildman–Crippen MR) is 76.2 cm³/mol. The van der Waals surface area contributed by atoms with Crippen molar-refractivity contribution in [2.45, 2.75) is 13.5 Å². The van der Waals surface area contributed by atoms with Gasteiger partial charge in [0.15, 0.2) is 0 Å². The molecule has 0 unspecified atom stereocenters. The van der Waals surface area contributed by atoms with Crippen molar-refractivity contribution in [1.82, 2.24) is 9.97 Å². The van der Waals surface area contributed by atoms with Crippen LogP contribution in [0, 0.1) is 5.41 Å². The van der Waals surface area contributed by atoms with Crippen molar-refractivity contribution in [3.63, 3.8) is 0 Å². The lowest BCUT2D eigenvalue weighted by molar-refractivity contribution is 0.808. The minimum atomic E-state index is -0.0647. The number of nitrogens with zero attached hydrogens (tertiary/aromatic N) is 3. The molecule has 1 aromatic carbocycles. The highest BCUT2D eigenvalue weighted by molar-refractivity contribution is 5.92. The molecule has 0 saturated carbocycles. The van der Waals surface area contributed by atoms with Gasteiger partial charge in [0, 0.05) is 13.1 Å². The maximum Gasteiger partial charge on any atom is 0.147 e. The molecular weight excluding hydrogens is 238 g/mol. The van der Waals surface area contributed by atoms with E-state index in [4.69, 9.17) is 11.1 Å². The number of hydrogen-bond acceptors (Lipinski definition) is 4. The first-order valence-corrected chi connectivity index (χ1v) is 6.16. The number of amidine groups is 1. The summed E-state index contributed by atoms with van der Waals surface area (Å²) in [6, 6.07) is 10.2. The number of nitrogens with one attached hydrogen (secondary N) is 1. The summed E-state index contributed by atoms with van der Waals surface area (Å²) < 4.78 is 0. The molecule has 0 saturated heterocycles. The molecule has 5 heteroatoms. The molecule has 98 valence electrons. The molecule has 1 aromatic heterocycles. The molecule has 0 aliphatic heterocycles. The zero-order chi connectivity index (χ0) is 13.7. The molecule has 0 spiro atoms. The van der Waals surface area contributed by atoms with Gasteiger partial charge in [-0.3, -0.25) is 5.41 Å². The average Bonchev–Trinajstić information content (AvgIpc) is 2.46. The number of benzene rings is 1. The molecule has 0 amide bonds. The van der Waals surface area contributed by atoms with Gasteiger partial charge in [-0.15, -0.1) is 0 Å². The van der Waals surface area contributed by atoms with Gasteiger partial charge in [0.05, 0.1) is 12.4 Å². The van der Waals surface area contributed by atoms with Crippen LogP contribution in [0.3, 0.4) is 0 Å². The SMILES string of the molecule is CCN(Cc1ccccc1)c1cnc(C(=N)N)cn1. The van der Waals surface area contributed by atoms with Gasteiger partial charge in [-0.1, -0.05) is 30.3 Å². The van der Waals surface area contributed by atoms with E-state index in [0.717, 1.165) is 18.9 Å². The van der Waals surface area contributed by atoms with Crippen LogP contribution in [0.1, 0.15) is 18.2 Å². The second kappa shape index (κ2) is 5.95. The fraction of sp³-hybridized carbons (Fsp3) is 0.214. The molecule has 2 rings (SSSR count). The third kappa shape index (κ3) is 3.28. The Labute approximate surface area is 112 Å². The Kier molecular flexibility index (Phi) is 4.07. The normalized spacial score (nSPS) is 10.2. The minimum Gasteiger partial charge on any atom is -0.382 e. The Hall–Kier alpha value is -2.43. The lowest BCUT2D eigenvalue weighted by Crippen LogP contribution is -2.24. The maximum absolute atomic E-state index is 7.30. The van der Waals surface area contributed by atoms with Crippen molar-refractivity contribution in [3.8, 4) is 0 Å². The third-order valence-corrected chi connectivity index (χ3v) is 2.84. The van der Waals surface area contributed by atoms with Gasteiger partial charge in [0.1, 0.15) is 17.3 Å². The van der Waals surface area contributed by atoms with Crippen molar-refractivity contribution in [2.24, 2.45) is 5.73 Å². The zero-order valence-corrected chi connectivity index (χ0v) is 10.9. The Morgan fingerprint density at radius 2 is 1.95 bits per heavy atom. The zero-order valence-electron chi connectivity index (χ0n) is 10.9. The standard InChI is InChI=1S/C14H17N5/c1-2-19(10-11-6-4-3-5-7-11)13-9-17-12(8-18-13)14(15)16/h3-9H,2,10H2,1H3,(H3,15,16). The molecule has 1 heterocycles. The largest absolute Gasteiger partial charge is 0.382 e. The van der Waals surface area contributed by atoms with Crippen molar-refractivity contribution in [1.29, 1.82) is 5.41 Å². The Morgan fingerprint density at radius 3 is 2.47 bits per heavy atom. The fourth-order valence-electron chi connectivity index (χ4n) is 1.78. The van der Waals surface area contributed by atoms with Crippen LogP contribution in [0.2, 0.25) is 0 Å². The van der Waals surface area contributed by atoms with Gasteiger partial charge in [-0.25, -0.2) is 9.97 Å². The van der Waals surface area contributed by atoms with Crippen LogP contribution < -0.4 is 10.6 Å². The highest BCUT2D eigenvalue weighted by atomic mass is 15.2. The van der Waals surface area contributed by atoms with E-state index in [2.05, 4.69) is 33.9 Å². The Bertz CT molecular complexity index is 536. The summed E-state index contributed by atoms with van der Waals surface area (Å²) in [7, 11) is 0. The van der Waals surface area contributed by atoms with Gasteiger partial charge in [-0.05, 0) is 12.5 Å². The molecule has 2 aromatic rings. The van der Waals surface area contributed by atoms with Crippen LogP contribution in [0.4, 0.5) is 5.82 Å². The van der Waals surface area contributed by atoms with Crippen LogP contribution in [-0.4, -0.2) is 22.3 Å². The first-order valence-electron chi connectivity index (χ1n) is 6.16. The van der Waals surface area contributed by atoms with Crippen LogP contribution in [0.15, 0.2) is 42.7 Å². The average molecular weight is 255 g/mol. The van der Waals surface area contributed by atoms with E-state index in [1.807, 2.05) is 18.2 Å². The lowest BCUT2D eigenvalue weighted by atomic mass is 10.2. The highest BCUT2D eigenvalue weighted by Crippen LogP contribution is 2.13. The Morgan fingerprint density at radius 1 is 1.21 bits per heavy atom. The number of anilines is 1. The molecule has 0 fully saturated rings. The van der Waals surface area contributed by atoms with Crippen molar-refractivity contribution in [2.75, 3.05) is 11.4 Å². The van der Waals surface area contributed by atoms with Crippen LogP contribution in [0.5, 0.6) is 0 Å². The summed E-state index contributed by atoms with van der Waals surface area (Å²) in [6.45, 7) is 3.69. The summed E-state index contributed by atoms with van der Waals surface area (Å²) in [5.41, 5.74) is 6.99. The van der Waals surface area contributed by atoms with Crippen molar-refractivity contribution >= 4 is 11.7 Å². The molecule has 19 heavy (non-hydrogen) atoms. The molecule has 3 N–H and O–H groups in total. The fourth-order valence-corrected chi connectivity index (χ4v) is 1.78. The topological polar surface area (TPSA) is 78.9 Å². The van der Waals surface area contributed by atoms with Gasteiger partial charge in [-0.2, -0.15) is 0 Å². The second-order valence-electron chi connectivity index (χ2n) is 4.17. The highest BCUT2D eigenvalue weighted by Gasteiger charge is 2.08. The van der Waals surface area contributed by atoms with E-state index >= 15 is 0 Å². The van der Waals surface area contributed by atoms with E-state index in [1.54, 1.807) is 6.20 Å². The minimum absolute atomic E-state index is 0.0647. The summed E-state index contributed by atoms with van der Waals surface area (Å²) in [4.78, 5) is 10.6. The summed E-state index contributed by atoms with van der Waals surface area (Å²) >= 11 is 0. The molecule has 0 radical (unpaired) electrons. The maximum atomic E-state index is 7.30. The van der Waals surface area contributed by atoms with Gasteiger partial charge < -0.3 is 10.6 Å². The van der Waals surface area contributed by atoms with Gasteiger partial charge >= 0.3 is 0 Å². The van der Waals surface area contributed by atoms with Crippen LogP contribution in [-0.2, 0) is 6.54 Å². The molecule has 5 nitrogen and oxygen atoms in total. The van der Waals surface area contributed by atoms with Crippen LogP contribution in [0.25, 0.3) is 0 Å². The number of aromatic nitrogens is 2. The van der Waals surface area contributed by atoms with Crippen molar-refractivity contribution < 1.29 is 0 Å². The van der Waals surface area contributed by atoms with E-state index in [9.17, 15) is 0 Å². The summed E-state index contributed by atoms with van der Waals surface area (Å²) in [6.07, 6.45) is 3.19. The van der Waals surface area contributed by atoms with Crippen molar-refractivity contribution in [3.05, 3.63) is 54.0 Å². The van der Waals surface area contributed by atoms with E-state index in [0.29, 0.717) is 5.69 Å². The molecule has 0 atom stereocenters. The van der Waals surface area contributed by atoms with E-state index < -0.39 is 0 Å². The summed E-state index contributed by atoms with van der Waals surface area (Å²) in [5.74, 6) is 0.724. The quantitative estimate of drug-likeness (QED) is 0.630. The molecule has 0 aliphatic carbocycles. The van der Waals surface area contributed by atoms with E-state index in [-0.39, 0.29) is 5.84 Å². The van der Waals surface area contributed by atoms with Crippen LogP contribution >= 0.6 is 0 Å². The number of nitrogen functional groups attached to an aromatic ring is 1. The predicted octanol–water partition coefficient (Wildman–Crippen LogP) is 1.79. The van der Waals surface area contributed by atoms with E-state index in [1.165, 1.54) is 11.8 Å². The number of hydrogen-bond donors (Lipinski definition) is 2. The lowest BCUT2D eigenvalue weighted by Gasteiger charge is -2.21. The molecule has 0 bridgehead atoms. The Balaban J connectivity index is 2.15. The first kappa shape index (κ1) is 13.0. The van der Waals surface area contributed by atoms with Gasteiger partial charge in [0.25, 0.3) is 0 Å². The summed E-state index contributed by atoms with van der Waals surface area (Å²) in [5, 5.41) is 7.30. The molecular formula is C14H17N5. The van der Waals surface area contributed by atoms with Gasteiger partial charge in [0.2, 0.25) is 0 Å². The molecule has 0 aliphatic rings. The number of nitrogens with two attached hydrogens (primary N) is 1. The second-order valence-corrected chi connectivity index (χ2v) is 4.17. The first-order chi connectivity index (χ1) is 9.20. The third-order valence-electron chi connectivity index (χ3n) is 2.84. The number of rotatable bonds is 5. The monoisotopic (exact) mass is 255 g/mol.